The number of ether oxygens (including phenoxy) is 2. The summed E-state index contributed by atoms with van der Waals surface area (Å²) in [5.74, 6) is -21.8. The van der Waals surface area contributed by atoms with Crippen molar-refractivity contribution in [1.29, 1.82) is 0 Å². The minimum absolute atomic E-state index is 0.0450. The molecule has 0 saturated carbocycles. The lowest BCUT2D eigenvalue weighted by molar-refractivity contribution is -0.142. The van der Waals surface area contributed by atoms with E-state index in [1.807, 2.05) is 0 Å². The molecule has 18 atom stereocenters. The Morgan fingerprint density at radius 2 is 0.765 bits per heavy atom. The Labute approximate surface area is 804 Å². The molecular formula is C86H134N22O24S4. The van der Waals surface area contributed by atoms with Gasteiger partial charge in [0.1, 0.15) is 96.1 Å². The SMILES string of the molecule is CCOc1ccc(C[C@H]2NC(=O)CCSSCCC(=O)N[C@H](Cc3ccc(OCC)cc3)C(=O)N[C@@H]([C@@H](C)CC)C(=O)N[C@@H]([C@@H](C)O)C(=O)N[C@@H](CC(N)=O)C(=O)N[C@H](C(=O)N3CCC[C@H]3C(=O)N[C@@H](CCCN)C(=O)NCC(N)=O)CSSC[C@@H](C(=O)N3CCC[C@H]3C(=O)N[C@@H](CCCN)C(=O)NCC(N)=O)NC(=O)[C@H](CC(N)=O)NC(=O)[C@H]([C@@H](C)O)NC(=O)[C@H]([C@@H](C)CC)NC2=O)cc1. The van der Waals surface area contributed by atoms with E-state index < -0.39 is 264 Å². The molecule has 0 spiro atoms. The first-order valence-electron chi connectivity index (χ1n) is 45.2. The van der Waals surface area contributed by atoms with Gasteiger partial charge >= 0.3 is 0 Å². The monoisotopic (exact) mass is 1990 g/mol. The number of likely N-dealkylation sites (tertiary alicyclic amines) is 2. The second-order valence-electron chi connectivity index (χ2n) is 33.0. The van der Waals surface area contributed by atoms with Gasteiger partial charge in [-0.25, -0.2) is 0 Å². The molecular weight excluding hydrogens is 1850 g/mol. The van der Waals surface area contributed by atoms with Crippen LogP contribution in [0.15, 0.2) is 48.5 Å². The second-order valence-corrected chi connectivity index (χ2v) is 38.3. The van der Waals surface area contributed by atoms with Crippen LogP contribution in [0, 0.1) is 11.8 Å². The van der Waals surface area contributed by atoms with Crippen molar-refractivity contribution in [2.45, 2.75) is 255 Å². The average molecular weight is 1990 g/mol. The highest BCUT2D eigenvalue weighted by atomic mass is 33.1. The molecule has 0 bridgehead atoms. The Bertz CT molecular complexity index is 4160. The summed E-state index contributed by atoms with van der Waals surface area (Å²) < 4.78 is 11.2. The summed E-state index contributed by atoms with van der Waals surface area (Å²) in [4.78, 5) is 286. The van der Waals surface area contributed by atoms with E-state index in [0.29, 0.717) is 57.4 Å². The van der Waals surface area contributed by atoms with Gasteiger partial charge in [-0.2, -0.15) is 0 Å². The van der Waals surface area contributed by atoms with Gasteiger partial charge < -0.3 is 138 Å². The molecule has 2 aromatic carbocycles. The minimum Gasteiger partial charge on any atom is -0.494 e. The molecule has 0 radical (unpaired) electrons. The molecule has 2 aromatic rings. The summed E-state index contributed by atoms with van der Waals surface area (Å²) in [5, 5.41) is 58.1. The van der Waals surface area contributed by atoms with Crippen LogP contribution in [0.1, 0.15) is 156 Å². The zero-order valence-corrected chi connectivity index (χ0v) is 80.9. The number of carbonyl (C=O) groups excluding carboxylic acids is 20. The standard InChI is InChI=1S/C86H134N22O24S4/c1-9-45(5)69-81(125)105-71(47(7)109)83(127)99-57(39-63(89)111)75(119)101-59(85(129)107-33-15-19-61(107)79(123)97-53(17-13-31-87)73(117)93-41-65(91)113)43-135-136-44-60(86(130)108-34-16-20-62(108)80(124)98-54(18-14-32-88)74(118)94-42-66(92)114)102-76(120)58(40-64(90)112)100-84(128)72(48(8)110)106-82(126)70(46(6)10-2)104-78(122)56(38-50-23-27-52(28-24-50)132-12-4)96-68(116)30-36-134-133-35-29-67(115)95-55(77(121)103-69)37-49-21-25-51(26-22-49)131-11-3/h21-28,45-48,53-62,69-72,109-110H,9-20,29-44,87-88H2,1-8H3,(H2,89,111)(H2,90,112)(H2,91,113)(H2,92,114)(H,93,117)(H,94,118)(H,95,115)(H,96,116)(H,97,123)(H,98,124)(H,99,127)(H,100,128)(H,101,119)(H,102,120)(H,103,121)(H,104,122)(H,105,125)(H,106,126)/t45-,46-,47+,48+,53-,54-,55+,56+,57-,58-,59-,60-,61-,62-,69-,70-,71-,72-/m0/s1. The molecule has 50 heteroatoms. The van der Waals surface area contributed by atoms with E-state index in [9.17, 15) is 86.9 Å². The molecule has 5 rings (SSSR count). The van der Waals surface area contributed by atoms with E-state index >= 15 is 19.2 Å². The number of benzene rings is 2. The van der Waals surface area contributed by atoms with Gasteiger partial charge in [0.2, 0.25) is 118 Å². The summed E-state index contributed by atoms with van der Waals surface area (Å²) in [7, 11) is 3.80. The fourth-order valence-electron chi connectivity index (χ4n) is 14.6. The van der Waals surface area contributed by atoms with Crippen molar-refractivity contribution in [1.82, 2.24) is 84.2 Å². The van der Waals surface area contributed by atoms with E-state index in [1.54, 1.807) is 90.1 Å². The number of nitrogens with two attached hydrogens (primary N) is 6. The van der Waals surface area contributed by atoms with Gasteiger partial charge in [-0.05, 0) is 139 Å². The van der Waals surface area contributed by atoms with Crippen molar-refractivity contribution in [3.05, 3.63) is 59.7 Å². The number of hydrogen-bond donors (Lipinski definition) is 22. The van der Waals surface area contributed by atoms with Gasteiger partial charge in [-0.3, -0.25) is 95.9 Å². The van der Waals surface area contributed by atoms with Crippen molar-refractivity contribution >= 4 is 161 Å². The van der Waals surface area contributed by atoms with Crippen LogP contribution in [0.3, 0.4) is 0 Å². The lowest BCUT2D eigenvalue weighted by Gasteiger charge is -2.32. The summed E-state index contributed by atoms with van der Waals surface area (Å²) in [5.41, 5.74) is 34.7. The Morgan fingerprint density at radius 3 is 1.07 bits per heavy atom. The van der Waals surface area contributed by atoms with Crippen molar-refractivity contribution in [3.8, 4) is 11.5 Å². The Kier molecular flexibility index (Phi) is 50.5. The van der Waals surface area contributed by atoms with Crippen LogP contribution in [-0.2, 0) is 109 Å². The van der Waals surface area contributed by atoms with Crippen LogP contribution in [0.5, 0.6) is 11.5 Å². The Balaban J connectivity index is 1.70. The van der Waals surface area contributed by atoms with Crippen molar-refractivity contribution in [2.75, 3.05) is 75.5 Å². The van der Waals surface area contributed by atoms with Crippen LogP contribution < -0.4 is 118 Å². The van der Waals surface area contributed by atoms with Crippen LogP contribution in [0.25, 0.3) is 0 Å². The number of aliphatic hydroxyl groups excluding tert-OH is 2. The molecule has 3 aliphatic heterocycles. The highest BCUT2D eigenvalue weighted by molar-refractivity contribution is 8.77. The molecule has 28 N–H and O–H groups in total. The zero-order chi connectivity index (χ0) is 101. The van der Waals surface area contributed by atoms with Gasteiger partial charge in [-0.1, -0.05) is 108 Å². The molecule has 756 valence electrons. The maximum Gasteiger partial charge on any atom is 0.246 e. The van der Waals surface area contributed by atoms with E-state index in [-0.39, 0.29) is 128 Å². The first-order chi connectivity index (χ1) is 64.6. The van der Waals surface area contributed by atoms with Gasteiger partial charge in [0.15, 0.2) is 0 Å². The molecule has 3 aliphatic rings. The molecule has 20 amide bonds. The molecule has 3 heterocycles. The summed E-state index contributed by atoms with van der Waals surface area (Å²) in [6, 6.07) is -10.1. The van der Waals surface area contributed by atoms with Crippen LogP contribution in [0.2, 0.25) is 0 Å². The van der Waals surface area contributed by atoms with Crippen LogP contribution >= 0.6 is 43.2 Å². The smallest absolute Gasteiger partial charge is 0.246 e. The van der Waals surface area contributed by atoms with Crippen molar-refractivity contribution in [3.63, 3.8) is 0 Å². The Hall–Kier alpha value is -11.3. The van der Waals surface area contributed by atoms with E-state index in [0.717, 1.165) is 23.6 Å². The average Bonchev–Trinajstić information content (AvgIpc) is 1.66. The lowest BCUT2D eigenvalue weighted by Crippen LogP contribution is -2.63. The normalized spacial score (nSPS) is 23.8. The third-order valence-electron chi connectivity index (χ3n) is 22.3. The molecule has 0 aliphatic carbocycles. The zero-order valence-electron chi connectivity index (χ0n) is 77.7. The van der Waals surface area contributed by atoms with Crippen molar-refractivity contribution in [2.24, 2.45) is 46.2 Å². The largest absolute Gasteiger partial charge is 0.494 e. The quantitative estimate of drug-likeness (QED) is 0.0282. The van der Waals surface area contributed by atoms with Crippen molar-refractivity contribution < 1.29 is 116 Å². The first-order valence-corrected chi connectivity index (χ1v) is 50.2. The summed E-state index contributed by atoms with van der Waals surface area (Å²) in [6.07, 6.45) is -5.70. The minimum atomic E-state index is -2.09. The topological polar surface area (TPSA) is 731 Å². The van der Waals surface area contributed by atoms with Gasteiger partial charge in [0.05, 0.1) is 51.4 Å². The Morgan fingerprint density at radius 1 is 0.434 bits per heavy atom. The summed E-state index contributed by atoms with van der Waals surface area (Å²) in [6.45, 7) is 11.4. The lowest BCUT2D eigenvalue weighted by atomic mass is 9.96. The molecule has 3 fully saturated rings. The van der Waals surface area contributed by atoms with E-state index in [1.165, 1.54) is 21.6 Å². The van der Waals surface area contributed by atoms with Gasteiger partial charge in [0, 0.05) is 61.8 Å². The van der Waals surface area contributed by atoms with E-state index in [4.69, 9.17) is 43.9 Å². The number of nitrogens with zero attached hydrogens (tertiary/aromatic N) is 2. The van der Waals surface area contributed by atoms with Gasteiger partial charge in [-0.15, -0.1) is 0 Å². The number of hydrogen-bond acceptors (Lipinski definition) is 30. The van der Waals surface area contributed by atoms with Gasteiger partial charge in [0.25, 0.3) is 0 Å². The number of carbonyl (C=O) groups is 20. The molecule has 3 saturated heterocycles. The van der Waals surface area contributed by atoms with Crippen LogP contribution in [-0.4, -0.2) is 310 Å². The molecule has 0 aromatic heterocycles. The highest BCUT2D eigenvalue weighted by Gasteiger charge is 2.45. The van der Waals surface area contributed by atoms with E-state index in [2.05, 4.69) is 74.4 Å². The highest BCUT2D eigenvalue weighted by Crippen LogP contribution is 2.30. The third kappa shape index (κ3) is 38.7. The third-order valence-corrected chi connectivity index (χ3v) is 27.2. The fourth-order valence-corrected chi connectivity index (χ4v) is 18.9. The number of nitrogens with one attached hydrogen (secondary N) is 14. The van der Waals surface area contributed by atoms with Crippen LogP contribution in [0.4, 0.5) is 0 Å². The maximum absolute atomic E-state index is 15.5. The number of amides is 20. The first kappa shape index (κ1) is 115. The number of primary amides is 4. The number of rotatable bonds is 36. The predicted octanol–water partition coefficient (Wildman–Crippen LogP) is -6.09. The molecule has 136 heavy (non-hydrogen) atoms. The predicted molar refractivity (Wildman–Crippen MR) is 505 cm³/mol. The fraction of sp³-hybridized carbons (Fsp3) is 0.628. The molecule has 46 nitrogen and oxygen atoms in total. The second kappa shape index (κ2) is 59.6. The summed E-state index contributed by atoms with van der Waals surface area (Å²) >= 11 is 0. The maximum atomic E-state index is 15.5. The number of aliphatic hydroxyl groups is 2. The molecule has 0 unspecified atom stereocenters.